The summed E-state index contributed by atoms with van der Waals surface area (Å²) in [6.07, 6.45) is 3.57. The molecular formula is C11H14BrNO. The normalized spacial score (nSPS) is 25.1. The molecule has 0 aliphatic heterocycles. The maximum absolute atomic E-state index is 10.4. The SMILES string of the molecule is CCCC1(O)CCc2ccc(Br)nc21. The van der Waals surface area contributed by atoms with E-state index in [1.807, 2.05) is 6.07 Å². The van der Waals surface area contributed by atoms with Crippen LogP contribution in [0.1, 0.15) is 37.4 Å². The summed E-state index contributed by atoms with van der Waals surface area (Å²) < 4.78 is 0.813. The van der Waals surface area contributed by atoms with Crippen LogP contribution in [-0.2, 0) is 12.0 Å². The second-order valence-electron chi connectivity index (χ2n) is 3.92. The van der Waals surface area contributed by atoms with Gasteiger partial charge >= 0.3 is 0 Å². The van der Waals surface area contributed by atoms with Crippen LogP contribution in [0.15, 0.2) is 16.7 Å². The van der Waals surface area contributed by atoms with Gasteiger partial charge in [-0.1, -0.05) is 19.4 Å². The van der Waals surface area contributed by atoms with Crippen molar-refractivity contribution in [3.63, 3.8) is 0 Å². The summed E-state index contributed by atoms with van der Waals surface area (Å²) in [5, 5.41) is 10.4. The van der Waals surface area contributed by atoms with E-state index in [9.17, 15) is 5.11 Å². The van der Waals surface area contributed by atoms with Gasteiger partial charge in [0.05, 0.1) is 5.69 Å². The Bertz CT molecular complexity index is 349. The zero-order valence-corrected chi connectivity index (χ0v) is 9.84. The molecule has 76 valence electrons. The molecule has 1 aliphatic rings. The molecule has 1 atom stereocenters. The number of pyridine rings is 1. The molecule has 1 heterocycles. The predicted octanol–water partition coefficient (Wildman–Crippen LogP) is 2.78. The van der Waals surface area contributed by atoms with Gasteiger partial charge in [-0.15, -0.1) is 0 Å². The van der Waals surface area contributed by atoms with Gasteiger partial charge in [-0.3, -0.25) is 0 Å². The second-order valence-corrected chi connectivity index (χ2v) is 4.74. The maximum Gasteiger partial charge on any atom is 0.107 e. The van der Waals surface area contributed by atoms with Gasteiger partial charge in [0, 0.05) is 0 Å². The van der Waals surface area contributed by atoms with Crippen LogP contribution in [0, 0.1) is 0 Å². The Kier molecular flexibility index (Phi) is 2.62. The van der Waals surface area contributed by atoms with Crippen molar-refractivity contribution in [3.05, 3.63) is 28.0 Å². The third kappa shape index (κ3) is 1.59. The lowest BCUT2D eigenvalue weighted by Gasteiger charge is -2.22. The van der Waals surface area contributed by atoms with Crippen LogP contribution in [0.5, 0.6) is 0 Å². The number of hydrogen-bond donors (Lipinski definition) is 1. The van der Waals surface area contributed by atoms with Crippen molar-refractivity contribution in [3.8, 4) is 0 Å². The van der Waals surface area contributed by atoms with Crippen LogP contribution in [-0.4, -0.2) is 10.1 Å². The van der Waals surface area contributed by atoms with Crippen LogP contribution in [0.4, 0.5) is 0 Å². The highest BCUT2D eigenvalue weighted by Crippen LogP contribution is 2.39. The van der Waals surface area contributed by atoms with E-state index in [0.29, 0.717) is 0 Å². The van der Waals surface area contributed by atoms with E-state index >= 15 is 0 Å². The highest BCUT2D eigenvalue weighted by atomic mass is 79.9. The molecule has 0 saturated carbocycles. The largest absolute Gasteiger partial charge is 0.384 e. The van der Waals surface area contributed by atoms with Crippen molar-refractivity contribution in [2.45, 2.75) is 38.2 Å². The van der Waals surface area contributed by atoms with E-state index in [4.69, 9.17) is 0 Å². The number of hydrogen-bond acceptors (Lipinski definition) is 2. The molecule has 1 aromatic rings. The average Bonchev–Trinajstić information content (AvgIpc) is 2.45. The van der Waals surface area contributed by atoms with E-state index in [0.717, 1.165) is 36.0 Å². The number of aliphatic hydroxyl groups is 1. The van der Waals surface area contributed by atoms with Crippen LogP contribution in [0.3, 0.4) is 0 Å². The first kappa shape index (κ1) is 10.1. The lowest BCUT2D eigenvalue weighted by molar-refractivity contribution is 0.0247. The minimum Gasteiger partial charge on any atom is -0.384 e. The highest BCUT2D eigenvalue weighted by Gasteiger charge is 2.37. The van der Waals surface area contributed by atoms with Crippen LogP contribution in [0.2, 0.25) is 0 Å². The van der Waals surface area contributed by atoms with E-state index in [1.54, 1.807) is 0 Å². The fraction of sp³-hybridized carbons (Fsp3) is 0.545. The monoisotopic (exact) mass is 255 g/mol. The Morgan fingerprint density at radius 3 is 3.07 bits per heavy atom. The van der Waals surface area contributed by atoms with Gasteiger partial charge in [0.1, 0.15) is 10.2 Å². The first-order valence-electron chi connectivity index (χ1n) is 5.04. The van der Waals surface area contributed by atoms with Gasteiger partial charge < -0.3 is 5.11 Å². The molecule has 1 aliphatic carbocycles. The highest BCUT2D eigenvalue weighted by molar-refractivity contribution is 9.10. The number of nitrogens with zero attached hydrogens (tertiary/aromatic N) is 1. The molecule has 2 nitrogen and oxygen atoms in total. The van der Waals surface area contributed by atoms with Crippen LogP contribution in [0.25, 0.3) is 0 Å². The summed E-state index contributed by atoms with van der Waals surface area (Å²) >= 11 is 3.35. The van der Waals surface area contributed by atoms with Crippen LogP contribution < -0.4 is 0 Å². The smallest absolute Gasteiger partial charge is 0.107 e. The molecule has 0 spiro atoms. The summed E-state index contributed by atoms with van der Waals surface area (Å²) in [5.74, 6) is 0. The van der Waals surface area contributed by atoms with Crippen molar-refractivity contribution in [2.24, 2.45) is 0 Å². The van der Waals surface area contributed by atoms with E-state index in [1.165, 1.54) is 5.56 Å². The molecule has 3 heteroatoms. The summed E-state index contributed by atoms with van der Waals surface area (Å²) in [4.78, 5) is 4.39. The molecule has 1 N–H and O–H groups in total. The van der Waals surface area contributed by atoms with Crippen molar-refractivity contribution in [1.29, 1.82) is 0 Å². The molecule has 0 amide bonds. The summed E-state index contributed by atoms with van der Waals surface area (Å²) in [6.45, 7) is 2.09. The van der Waals surface area contributed by atoms with E-state index in [-0.39, 0.29) is 0 Å². The summed E-state index contributed by atoms with van der Waals surface area (Å²) in [5.41, 5.74) is 1.41. The van der Waals surface area contributed by atoms with Crippen molar-refractivity contribution in [1.82, 2.24) is 4.98 Å². The molecule has 0 bridgehead atoms. The Hall–Kier alpha value is -0.410. The van der Waals surface area contributed by atoms with Crippen LogP contribution >= 0.6 is 15.9 Å². The minimum absolute atomic E-state index is 0.673. The van der Waals surface area contributed by atoms with Gasteiger partial charge in [0.2, 0.25) is 0 Å². The molecule has 0 radical (unpaired) electrons. The summed E-state index contributed by atoms with van der Waals surface area (Å²) in [7, 11) is 0. The number of aryl methyl sites for hydroxylation is 1. The zero-order valence-electron chi connectivity index (χ0n) is 8.26. The molecule has 14 heavy (non-hydrogen) atoms. The molecule has 2 rings (SSSR count). The Morgan fingerprint density at radius 1 is 1.57 bits per heavy atom. The fourth-order valence-corrected chi connectivity index (χ4v) is 2.50. The molecule has 1 aromatic heterocycles. The molecule has 1 unspecified atom stereocenters. The summed E-state index contributed by atoms with van der Waals surface area (Å²) in [6, 6.07) is 4.00. The van der Waals surface area contributed by atoms with Crippen molar-refractivity contribution < 1.29 is 5.11 Å². The van der Waals surface area contributed by atoms with Crippen molar-refractivity contribution >= 4 is 15.9 Å². The maximum atomic E-state index is 10.4. The lowest BCUT2D eigenvalue weighted by Crippen LogP contribution is -2.23. The predicted molar refractivity (Wildman–Crippen MR) is 59.1 cm³/mol. The molecular weight excluding hydrogens is 242 g/mol. The van der Waals surface area contributed by atoms with Crippen molar-refractivity contribution in [2.75, 3.05) is 0 Å². The zero-order chi connectivity index (χ0) is 10.2. The Labute approximate surface area is 92.5 Å². The topological polar surface area (TPSA) is 33.1 Å². The standard InChI is InChI=1S/C11H14BrNO/c1-2-6-11(14)7-5-8-3-4-9(12)13-10(8)11/h3-4,14H,2,5-7H2,1H3. The average molecular weight is 256 g/mol. The molecule has 0 fully saturated rings. The second kappa shape index (κ2) is 3.63. The third-order valence-electron chi connectivity index (χ3n) is 2.86. The van der Waals surface area contributed by atoms with Gasteiger partial charge in [-0.25, -0.2) is 4.98 Å². The van der Waals surface area contributed by atoms with Gasteiger partial charge in [0.25, 0.3) is 0 Å². The number of fused-ring (bicyclic) bond motifs is 1. The van der Waals surface area contributed by atoms with Gasteiger partial charge in [-0.05, 0) is 46.8 Å². The fourth-order valence-electron chi connectivity index (χ4n) is 2.19. The third-order valence-corrected chi connectivity index (χ3v) is 3.30. The first-order valence-corrected chi connectivity index (χ1v) is 5.83. The number of halogens is 1. The van der Waals surface area contributed by atoms with Gasteiger partial charge in [0.15, 0.2) is 0 Å². The Balaban J connectivity index is 2.41. The first-order chi connectivity index (χ1) is 6.65. The van der Waals surface area contributed by atoms with E-state index < -0.39 is 5.60 Å². The lowest BCUT2D eigenvalue weighted by atomic mass is 9.95. The Morgan fingerprint density at radius 2 is 2.36 bits per heavy atom. The molecule has 0 saturated heterocycles. The number of rotatable bonds is 2. The quantitative estimate of drug-likeness (QED) is 0.825. The molecule has 0 aromatic carbocycles. The number of aromatic nitrogens is 1. The van der Waals surface area contributed by atoms with Gasteiger partial charge in [-0.2, -0.15) is 0 Å². The minimum atomic E-state index is -0.673. The van der Waals surface area contributed by atoms with E-state index in [2.05, 4.69) is 33.9 Å².